The van der Waals surface area contributed by atoms with Crippen molar-refractivity contribution in [1.82, 2.24) is 4.72 Å². The van der Waals surface area contributed by atoms with Crippen LogP contribution < -0.4 is 4.72 Å². The summed E-state index contributed by atoms with van der Waals surface area (Å²) < 4.78 is 30.5. The van der Waals surface area contributed by atoms with E-state index >= 15 is 0 Å². The van der Waals surface area contributed by atoms with Gasteiger partial charge in [-0.1, -0.05) is 29.8 Å². The monoisotopic (exact) mass is 301 g/mol. The van der Waals surface area contributed by atoms with Gasteiger partial charge < -0.3 is 4.74 Å². The molecule has 0 aliphatic carbocycles. The van der Waals surface area contributed by atoms with Crippen molar-refractivity contribution in [1.29, 1.82) is 0 Å². The molecular formula is C9H20BrNO3S. The Morgan fingerprint density at radius 2 is 2.00 bits per heavy atom. The van der Waals surface area contributed by atoms with Crippen LogP contribution in [0, 0.1) is 5.41 Å². The van der Waals surface area contributed by atoms with Crippen molar-refractivity contribution in [3.63, 3.8) is 0 Å². The van der Waals surface area contributed by atoms with Gasteiger partial charge in [0.15, 0.2) is 0 Å². The fourth-order valence-corrected chi connectivity index (χ4v) is 2.03. The quantitative estimate of drug-likeness (QED) is 0.544. The third-order valence-corrected chi connectivity index (χ3v) is 4.64. The minimum atomic E-state index is -3.19. The van der Waals surface area contributed by atoms with Gasteiger partial charge in [-0.05, 0) is 12.3 Å². The molecule has 4 nitrogen and oxygen atoms in total. The van der Waals surface area contributed by atoms with Crippen LogP contribution in [0.5, 0.6) is 0 Å². The van der Waals surface area contributed by atoms with Gasteiger partial charge in [-0.3, -0.25) is 0 Å². The Morgan fingerprint density at radius 3 is 2.47 bits per heavy atom. The number of nitrogens with one attached hydrogen (secondary N) is 1. The topological polar surface area (TPSA) is 55.4 Å². The summed E-state index contributed by atoms with van der Waals surface area (Å²) in [6.45, 7) is 7.06. The zero-order chi connectivity index (χ0) is 11.9. The maximum Gasteiger partial charge on any atom is 0.213 e. The summed E-state index contributed by atoms with van der Waals surface area (Å²) in [7, 11) is -3.19. The van der Waals surface area contributed by atoms with Crippen molar-refractivity contribution >= 4 is 26.0 Å². The van der Waals surface area contributed by atoms with Crippen LogP contribution in [-0.4, -0.2) is 39.3 Å². The minimum Gasteiger partial charge on any atom is -0.381 e. The third kappa shape index (κ3) is 8.19. The Kier molecular flexibility index (Phi) is 6.99. The van der Waals surface area contributed by atoms with E-state index in [1.54, 1.807) is 0 Å². The van der Waals surface area contributed by atoms with Crippen LogP contribution in [0.1, 0.15) is 20.8 Å². The van der Waals surface area contributed by atoms with Gasteiger partial charge in [0, 0.05) is 18.5 Å². The molecule has 0 unspecified atom stereocenters. The molecule has 0 spiro atoms. The van der Waals surface area contributed by atoms with Crippen molar-refractivity contribution in [3.05, 3.63) is 0 Å². The Hall–Kier alpha value is 0.350. The molecule has 0 aromatic heterocycles. The molecule has 1 N–H and O–H groups in total. The van der Waals surface area contributed by atoms with Gasteiger partial charge in [0.25, 0.3) is 0 Å². The first kappa shape index (κ1) is 15.3. The fraction of sp³-hybridized carbons (Fsp3) is 1.00. The van der Waals surface area contributed by atoms with Crippen LogP contribution in [0.3, 0.4) is 0 Å². The van der Waals surface area contributed by atoms with Crippen LogP contribution in [0.15, 0.2) is 0 Å². The average molecular weight is 302 g/mol. The highest BCUT2D eigenvalue weighted by molar-refractivity contribution is 9.09. The molecule has 0 aliphatic heterocycles. The third-order valence-electron chi connectivity index (χ3n) is 1.83. The zero-order valence-electron chi connectivity index (χ0n) is 9.55. The molecule has 0 aromatic carbocycles. The normalized spacial score (nSPS) is 13.1. The number of hydrogen-bond acceptors (Lipinski definition) is 3. The van der Waals surface area contributed by atoms with E-state index in [2.05, 4.69) is 20.7 Å². The van der Waals surface area contributed by atoms with E-state index in [-0.39, 0.29) is 17.8 Å². The molecule has 0 amide bonds. The number of sulfonamides is 1. The summed E-state index contributed by atoms with van der Waals surface area (Å²) in [5.41, 5.74) is -0.0708. The second-order valence-corrected chi connectivity index (χ2v) is 6.62. The first-order chi connectivity index (χ1) is 6.83. The highest BCUT2D eigenvalue weighted by atomic mass is 79.9. The van der Waals surface area contributed by atoms with E-state index in [4.69, 9.17) is 4.74 Å². The number of rotatable bonds is 8. The van der Waals surface area contributed by atoms with E-state index in [0.717, 1.165) is 5.33 Å². The Labute approximate surface area is 101 Å². The van der Waals surface area contributed by atoms with Crippen molar-refractivity contribution in [3.8, 4) is 0 Å². The van der Waals surface area contributed by atoms with E-state index in [1.165, 1.54) is 0 Å². The fourth-order valence-electron chi connectivity index (χ4n) is 0.738. The standard InChI is InChI=1S/C9H20BrNO3S/c1-4-14-5-6-15(12,13)11-8-9(2,3)7-10/h11H,4-8H2,1-3H3. The molecule has 15 heavy (non-hydrogen) atoms. The molecule has 0 saturated heterocycles. The number of alkyl halides is 1. The highest BCUT2D eigenvalue weighted by Crippen LogP contribution is 2.16. The number of hydrogen-bond donors (Lipinski definition) is 1. The van der Waals surface area contributed by atoms with E-state index < -0.39 is 10.0 Å². The number of halogens is 1. The molecule has 0 bridgehead atoms. The summed E-state index contributed by atoms with van der Waals surface area (Å²) in [5.74, 6) is 0.0270. The van der Waals surface area contributed by atoms with Crippen molar-refractivity contribution in [2.45, 2.75) is 20.8 Å². The van der Waals surface area contributed by atoms with Gasteiger partial charge in [0.1, 0.15) is 0 Å². The van der Waals surface area contributed by atoms with E-state index in [9.17, 15) is 8.42 Å². The molecular weight excluding hydrogens is 282 g/mol. The van der Waals surface area contributed by atoms with Gasteiger partial charge >= 0.3 is 0 Å². The van der Waals surface area contributed by atoms with Gasteiger partial charge in [-0.25, -0.2) is 13.1 Å². The molecule has 0 heterocycles. The Bertz CT molecular complexity index is 265. The summed E-state index contributed by atoms with van der Waals surface area (Å²) in [5, 5.41) is 0.758. The average Bonchev–Trinajstić information content (AvgIpc) is 2.16. The summed E-state index contributed by atoms with van der Waals surface area (Å²) >= 11 is 3.34. The van der Waals surface area contributed by atoms with Crippen LogP contribution in [-0.2, 0) is 14.8 Å². The number of ether oxygens (including phenoxy) is 1. The second kappa shape index (κ2) is 6.83. The Balaban J connectivity index is 3.94. The summed E-state index contributed by atoms with van der Waals surface area (Å²) in [6.07, 6.45) is 0. The zero-order valence-corrected chi connectivity index (χ0v) is 11.9. The molecule has 0 radical (unpaired) electrons. The van der Waals surface area contributed by atoms with Crippen LogP contribution in [0.2, 0.25) is 0 Å². The minimum absolute atomic E-state index is 0.0270. The predicted octanol–water partition coefficient (Wildman–Crippen LogP) is 1.36. The molecule has 0 atom stereocenters. The lowest BCUT2D eigenvalue weighted by Gasteiger charge is -2.21. The highest BCUT2D eigenvalue weighted by Gasteiger charge is 2.19. The van der Waals surface area contributed by atoms with Crippen molar-refractivity contribution in [2.75, 3.05) is 30.8 Å². The molecule has 0 saturated carbocycles. The Morgan fingerprint density at radius 1 is 1.40 bits per heavy atom. The first-order valence-electron chi connectivity index (χ1n) is 4.94. The summed E-state index contributed by atoms with van der Waals surface area (Å²) in [6, 6.07) is 0. The van der Waals surface area contributed by atoms with Crippen LogP contribution in [0.25, 0.3) is 0 Å². The maximum absolute atomic E-state index is 11.5. The first-order valence-corrected chi connectivity index (χ1v) is 7.71. The van der Waals surface area contributed by atoms with Crippen molar-refractivity contribution < 1.29 is 13.2 Å². The van der Waals surface area contributed by atoms with Gasteiger partial charge in [-0.2, -0.15) is 0 Å². The van der Waals surface area contributed by atoms with Gasteiger partial charge in [-0.15, -0.1) is 0 Å². The second-order valence-electron chi connectivity index (χ2n) is 4.13. The molecule has 0 aliphatic rings. The smallest absolute Gasteiger partial charge is 0.213 e. The lowest BCUT2D eigenvalue weighted by Crippen LogP contribution is -2.37. The largest absolute Gasteiger partial charge is 0.381 e. The molecule has 92 valence electrons. The molecule has 0 rings (SSSR count). The lowest BCUT2D eigenvalue weighted by molar-refractivity contribution is 0.163. The molecule has 6 heteroatoms. The predicted molar refractivity (Wildman–Crippen MR) is 65.9 cm³/mol. The van der Waals surface area contributed by atoms with Gasteiger partial charge in [0.2, 0.25) is 10.0 Å². The van der Waals surface area contributed by atoms with Gasteiger partial charge in [0.05, 0.1) is 12.4 Å². The molecule has 0 aromatic rings. The maximum atomic E-state index is 11.5. The van der Waals surface area contributed by atoms with Crippen LogP contribution >= 0.6 is 15.9 Å². The summed E-state index contributed by atoms with van der Waals surface area (Å²) in [4.78, 5) is 0. The SMILES string of the molecule is CCOCCS(=O)(=O)NCC(C)(C)CBr. The van der Waals surface area contributed by atoms with Crippen molar-refractivity contribution in [2.24, 2.45) is 5.41 Å². The molecule has 0 fully saturated rings. The lowest BCUT2D eigenvalue weighted by atomic mass is 9.98. The van der Waals surface area contributed by atoms with Crippen LogP contribution in [0.4, 0.5) is 0 Å². The van der Waals surface area contributed by atoms with E-state index in [0.29, 0.717) is 13.2 Å². The van der Waals surface area contributed by atoms with E-state index in [1.807, 2.05) is 20.8 Å².